The fourth-order valence-corrected chi connectivity index (χ4v) is 5.52. The molecule has 8 nitrogen and oxygen atoms in total. The Kier molecular flexibility index (Phi) is 6.55. The lowest BCUT2D eigenvalue weighted by atomic mass is 9.95. The standard InChI is InChI=1S/C33H28N8/c1-2-27-20-35-33-36-30(28(22-41(27)33)24-8-4-3-5-9-24)25-13-11-23(12-14-25)21-40-18-15-26(16-19-40)31-37-32(39-38-31)29-10-6-7-17-34-29/h1,3-14,17,20,22,26H,15-16,18-19,21H2,(H,37,38,39). The number of imidazole rings is 1. The van der Waals surface area contributed by atoms with E-state index in [1.165, 1.54) is 5.56 Å². The SMILES string of the molecule is C#Cc1cnc2nc(-c3ccc(CN4CCC(c5nc(-c6ccccn6)n[nH]5)CC4)cc3)c(-c3ccccc3)cn12. The lowest BCUT2D eigenvalue weighted by Crippen LogP contribution is -2.32. The Morgan fingerprint density at radius 2 is 1.68 bits per heavy atom. The van der Waals surface area contributed by atoms with Gasteiger partial charge < -0.3 is 0 Å². The molecule has 0 aliphatic carbocycles. The molecule has 0 amide bonds. The van der Waals surface area contributed by atoms with Crippen LogP contribution < -0.4 is 0 Å². The van der Waals surface area contributed by atoms with Crippen molar-refractivity contribution in [1.82, 2.24) is 39.4 Å². The summed E-state index contributed by atoms with van der Waals surface area (Å²) >= 11 is 0. The van der Waals surface area contributed by atoms with Crippen molar-refractivity contribution in [2.45, 2.75) is 25.3 Å². The van der Waals surface area contributed by atoms with E-state index in [2.05, 4.69) is 67.4 Å². The molecule has 4 aromatic heterocycles. The lowest BCUT2D eigenvalue weighted by Gasteiger charge is -2.31. The van der Waals surface area contributed by atoms with Crippen LogP contribution in [0, 0.1) is 12.3 Å². The number of H-pyrrole nitrogens is 1. The van der Waals surface area contributed by atoms with Gasteiger partial charge in [-0.15, -0.1) is 6.42 Å². The molecule has 1 N–H and O–H groups in total. The molecular weight excluding hydrogens is 508 g/mol. The minimum Gasteiger partial charge on any atom is -0.299 e. The minimum atomic E-state index is 0.383. The first-order valence-electron chi connectivity index (χ1n) is 13.8. The second-order valence-electron chi connectivity index (χ2n) is 10.3. The minimum absolute atomic E-state index is 0.383. The molecule has 0 saturated carbocycles. The molecule has 2 aromatic carbocycles. The average Bonchev–Trinajstić information content (AvgIpc) is 3.70. The Hall–Kier alpha value is -5.13. The van der Waals surface area contributed by atoms with Crippen molar-refractivity contribution >= 4 is 5.78 Å². The number of aromatic amines is 1. The van der Waals surface area contributed by atoms with Crippen LogP contribution in [0.15, 0.2) is 91.4 Å². The number of hydrogen-bond donors (Lipinski definition) is 1. The van der Waals surface area contributed by atoms with Crippen LogP contribution in [0.5, 0.6) is 0 Å². The highest BCUT2D eigenvalue weighted by molar-refractivity contribution is 5.81. The molecule has 0 unspecified atom stereocenters. The molecule has 5 heterocycles. The topological polar surface area (TPSA) is 87.9 Å². The molecule has 7 rings (SSSR count). The van der Waals surface area contributed by atoms with Gasteiger partial charge in [-0.1, -0.05) is 66.6 Å². The molecule has 0 atom stereocenters. The second kappa shape index (κ2) is 10.8. The molecule has 1 fully saturated rings. The van der Waals surface area contributed by atoms with Gasteiger partial charge in [0.2, 0.25) is 5.78 Å². The van der Waals surface area contributed by atoms with E-state index < -0.39 is 0 Å². The molecule has 1 saturated heterocycles. The summed E-state index contributed by atoms with van der Waals surface area (Å²) < 4.78 is 1.88. The number of terminal acetylenes is 1. The van der Waals surface area contributed by atoms with E-state index in [9.17, 15) is 0 Å². The van der Waals surface area contributed by atoms with Gasteiger partial charge in [0.15, 0.2) is 5.82 Å². The Morgan fingerprint density at radius 3 is 2.44 bits per heavy atom. The fraction of sp³-hybridized carbons (Fsp3) is 0.182. The Balaban J connectivity index is 1.06. The molecule has 6 aromatic rings. The van der Waals surface area contributed by atoms with Crippen molar-refractivity contribution in [3.05, 3.63) is 108 Å². The summed E-state index contributed by atoms with van der Waals surface area (Å²) in [6.45, 7) is 2.94. The average molecular weight is 537 g/mol. The maximum absolute atomic E-state index is 5.70. The zero-order valence-electron chi connectivity index (χ0n) is 22.5. The Labute approximate surface area is 238 Å². The van der Waals surface area contributed by atoms with E-state index in [1.54, 1.807) is 12.4 Å². The molecule has 0 bridgehead atoms. The Morgan fingerprint density at radius 1 is 0.878 bits per heavy atom. The van der Waals surface area contributed by atoms with E-state index >= 15 is 0 Å². The number of benzene rings is 2. The van der Waals surface area contributed by atoms with E-state index in [-0.39, 0.29) is 0 Å². The van der Waals surface area contributed by atoms with Crippen molar-refractivity contribution in [2.24, 2.45) is 0 Å². The van der Waals surface area contributed by atoms with E-state index in [0.29, 0.717) is 23.2 Å². The van der Waals surface area contributed by atoms with Crippen LogP contribution in [0.25, 0.3) is 39.7 Å². The van der Waals surface area contributed by atoms with Crippen LogP contribution in [0.4, 0.5) is 0 Å². The van der Waals surface area contributed by atoms with Crippen molar-refractivity contribution in [3.8, 4) is 46.2 Å². The smallest absolute Gasteiger partial charge is 0.235 e. The number of fused-ring (bicyclic) bond motifs is 1. The monoisotopic (exact) mass is 536 g/mol. The number of likely N-dealkylation sites (tertiary alicyclic amines) is 1. The zero-order valence-corrected chi connectivity index (χ0v) is 22.5. The number of pyridine rings is 1. The highest BCUT2D eigenvalue weighted by Crippen LogP contribution is 2.32. The summed E-state index contributed by atoms with van der Waals surface area (Å²) in [5, 5.41) is 7.55. The van der Waals surface area contributed by atoms with Gasteiger partial charge in [-0.25, -0.2) is 15.0 Å². The van der Waals surface area contributed by atoms with Gasteiger partial charge in [0.25, 0.3) is 0 Å². The van der Waals surface area contributed by atoms with E-state index in [0.717, 1.165) is 66.4 Å². The van der Waals surface area contributed by atoms with Crippen LogP contribution >= 0.6 is 0 Å². The van der Waals surface area contributed by atoms with Gasteiger partial charge in [-0.3, -0.25) is 19.4 Å². The Bertz CT molecular complexity index is 1820. The fourth-order valence-electron chi connectivity index (χ4n) is 5.52. The van der Waals surface area contributed by atoms with E-state index in [4.69, 9.17) is 16.4 Å². The normalized spacial score (nSPS) is 14.3. The maximum Gasteiger partial charge on any atom is 0.235 e. The third-order valence-electron chi connectivity index (χ3n) is 7.74. The molecule has 0 spiro atoms. The third-order valence-corrected chi connectivity index (χ3v) is 7.74. The third kappa shape index (κ3) is 4.99. The molecular formula is C33H28N8. The van der Waals surface area contributed by atoms with Gasteiger partial charge in [-0.2, -0.15) is 5.10 Å². The molecule has 1 aliphatic heterocycles. The van der Waals surface area contributed by atoms with Crippen LogP contribution in [0.1, 0.15) is 35.8 Å². The van der Waals surface area contributed by atoms with E-state index in [1.807, 2.05) is 47.0 Å². The summed E-state index contributed by atoms with van der Waals surface area (Å²) in [6, 6.07) is 24.8. The lowest BCUT2D eigenvalue weighted by molar-refractivity contribution is 0.202. The first-order chi connectivity index (χ1) is 20.2. The van der Waals surface area contributed by atoms with Gasteiger partial charge >= 0.3 is 0 Å². The van der Waals surface area contributed by atoms with Crippen LogP contribution in [0.2, 0.25) is 0 Å². The van der Waals surface area contributed by atoms with Crippen LogP contribution in [-0.4, -0.2) is 52.5 Å². The molecule has 1 aliphatic rings. The summed E-state index contributed by atoms with van der Waals surface area (Å²) in [5.41, 5.74) is 6.80. The predicted molar refractivity (Wildman–Crippen MR) is 159 cm³/mol. The highest BCUT2D eigenvalue weighted by atomic mass is 15.2. The van der Waals surface area contributed by atoms with Gasteiger partial charge in [0.05, 0.1) is 11.9 Å². The molecule has 8 heteroatoms. The number of nitrogens with zero attached hydrogens (tertiary/aromatic N) is 7. The number of piperidine rings is 1. The second-order valence-corrected chi connectivity index (χ2v) is 10.3. The summed E-state index contributed by atoms with van der Waals surface area (Å²) in [5.74, 6) is 5.30. The van der Waals surface area contributed by atoms with Gasteiger partial charge in [-0.05, 0) is 49.2 Å². The molecule has 0 radical (unpaired) electrons. The number of aromatic nitrogens is 7. The maximum atomic E-state index is 5.70. The van der Waals surface area contributed by atoms with Crippen molar-refractivity contribution in [1.29, 1.82) is 0 Å². The summed E-state index contributed by atoms with van der Waals surface area (Å²) in [6.07, 6.45) is 13.3. The largest absolute Gasteiger partial charge is 0.299 e. The molecule has 41 heavy (non-hydrogen) atoms. The van der Waals surface area contributed by atoms with Crippen molar-refractivity contribution in [3.63, 3.8) is 0 Å². The summed E-state index contributed by atoms with van der Waals surface area (Å²) in [7, 11) is 0. The predicted octanol–water partition coefficient (Wildman–Crippen LogP) is 5.60. The first-order valence-corrected chi connectivity index (χ1v) is 13.8. The van der Waals surface area contributed by atoms with Crippen LogP contribution in [-0.2, 0) is 6.54 Å². The van der Waals surface area contributed by atoms with Crippen LogP contribution in [0.3, 0.4) is 0 Å². The molecule has 200 valence electrons. The van der Waals surface area contributed by atoms with Gasteiger partial charge in [0.1, 0.15) is 17.2 Å². The first kappa shape index (κ1) is 24.9. The van der Waals surface area contributed by atoms with Crippen molar-refractivity contribution in [2.75, 3.05) is 13.1 Å². The number of nitrogens with one attached hydrogen (secondary N) is 1. The number of hydrogen-bond acceptors (Lipinski definition) is 6. The quantitative estimate of drug-likeness (QED) is 0.279. The number of rotatable bonds is 6. The van der Waals surface area contributed by atoms with Crippen molar-refractivity contribution < 1.29 is 0 Å². The highest BCUT2D eigenvalue weighted by Gasteiger charge is 2.24. The summed E-state index contributed by atoms with van der Waals surface area (Å²) in [4.78, 5) is 21.0. The zero-order chi connectivity index (χ0) is 27.6. The van der Waals surface area contributed by atoms with Gasteiger partial charge in [0, 0.05) is 36.0 Å².